The van der Waals surface area contributed by atoms with Crippen molar-refractivity contribution < 1.29 is 4.74 Å². The third-order valence-corrected chi connectivity index (χ3v) is 3.12. The van der Waals surface area contributed by atoms with Crippen molar-refractivity contribution in [3.63, 3.8) is 0 Å². The van der Waals surface area contributed by atoms with Crippen LogP contribution in [0, 0.1) is 22.7 Å². The molecule has 0 unspecified atom stereocenters. The molecule has 1 N–H and O–H groups in total. The van der Waals surface area contributed by atoms with Gasteiger partial charge in [0.15, 0.2) is 11.5 Å². The van der Waals surface area contributed by atoms with E-state index in [9.17, 15) is 0 Å². The number of hydrogen-bond donors (Lipinski definition) is 1. The van der Waals surface area contributed by atoms with Gasteiger partial charge in [0.2, 0.25) is 0 Å². The molecule has 0 amide bonds. The summed E-state index contributed by atoms with van der Waals surface area (Å²) in [5, 5.41) is 20.9. The van der Waals surface area contributed by atoms with Crippen LogP contribution < -0.4 is 10.1 Å². The average Bonchev–Trinajstić information content (AvgIpc) is 2.64. The molecule has 3 rings (SSSR count). The topological polar surface area (TPSA) is 94.6 Å². The molecule has 0 aliphatic carbocycles. The number of nitrogens with one attached hydrogen (secondary N) is 1. The van der Waals surface area contributed by atoms with E-state index in [-0.39, 0.29) is 5.69 Å². The number of anilines is 2. The number of nitrogens with zero attached hydrogens (tertiary/aromatic N) is 4. The van der Waals surface area contributed by atoms with Gasteiger partial charge in [-0.15, -0.1) is 0 Å². The van der Waals surface area contributed by atoms with Crippen LogP contribution in [0.15, 0.2) is 60.9 Å². The predicted octanol–water partition coefficient (Wildman–Crippen LogP) is 3.76. The smallest absolute Gasteiger partial charge is 0.183 e. The average molecular weight is 313 g/mol. The summed E-state index contributed by atoms with van der Waals surface area (Å²) in [7, 11) is 0. The van der Waals surface area contributed by atoms with Crippen molar-refractivity contribution in [1.29, 1.82) is 10.5 Å². The summed E-state index contributed by atoms with van der Waals surface area (Å²) < 4.78 is 5.71. The van der Waals surface area contributed by atoms with Crippen molar-refractivity contribution >= 4 is 11.5 Å². The van der Waals surface area contributed by atoms with E-state index < -0.39 is 0 Å². The van der Waals surface area contributed by atoms with Crippen LogP contribution in [-0.2, 0) is 0 Å². The normalized spacial score (nSPS) is 9.58. The Morgan fingerprint density at radius 1 is 0.875 bits per heavy atom. The van der Waals surface area contributed by atoms with Crippen LogP contribution in [-0.4, -0.2) is 9.97 Å². The molecule has 24 heavy (non-hydrogen) atoms. The van der Waals surface area contributed by atoms with Crippen molar-refractivity contribution in [3.05, 3.63) is 72.2 Å². The van der Waals surface area contributed by atoms with Crippen LogP contribution in [0.5, 0.6) is 11.5 Å². The molecule has 0 fully saturated rings. The Bertz CT molecular complexity index is 939. The van der Waals surface area contributed by atoms with Crippen molar-refractivity contribution in [1.82, 2.24) is 9.97 Å². The molecule has 0 saturated carbocycles. The van der Waals surface area contributed by atoms with Crippen LogP contribution in [0.2, 0.25) is 0 Å². The summed E-state index contributed by atoms with van der Waals surface area (Å²) in [6.07, 6.45) is 2.98. The summed E-state index contributed by atoms with van der Waals surface area (Å²) in [4.78, 5) is 8.04. The van der Waals surface area contributed by atoms with Crippen LogP contribution in [0.25, 0.3) is 0 Å². The minimum absolute atomic E-state index is 0.228. The lowest BCUT2D eigenvalue weighted by Gasteiger charge is -2.09. The van der Waals surface area contributed by atoms with Crippen molar-refractivity contribution in [2.24, 2.45) is 0 Å². The van der Waals surface area contributed by atoms with Gasteiger partial charge in [0.1, 0.15) is 17.6 Å². The van der Waals surface area contributed by atoms with Gasteiger partial charge in [0.25, 0.3) is 0 Å². The second kappa shape index (κ2) is 6.91. The molecule has 0 atom stereocenters. The van der Waals surface area contributed by atoms with Gasteiger partial charge in [-0.2, -0.15) is 10.5 Å². The van der Waals surface area contributed by atoms with Gasteiger partial charge in [-0.1, -0.05) is 6.07 Å². The molecule has 6 heteroatoms. The fourth-order valence-electron chi connectivity index (χ4n) is 2.02. The zero-order chi connectivity index (χ0) is 16.8. The van der Waals surface area contributed by atoms with Gasteiger partial charge < -0.3 is 10.1 Å². The maximum Gasteiger partial charge on any atom is 0.183 e. The highest BCUT2D eigenvalue weighted by Gasteiger charge is 2.05. The van der Waals surface area contributed by atoms with Crippen LogP contribution in [0.4, 0.5) is 11.5 Å². The third kappa shape index (κ3) is 3.46. The first-order chi connectivity index (χ1) is 11.8. The first kappa shape index (κ1) is 15.0. The standard InChI is InChI=1S/C18H11N5O/c19-11-13-2-1-3-16(10-13)24-15-6-4-14(5-7-15)23-18-17(12-20)21-8-9-22-18/h1-10H,(H,22,23). The van der Waals surface area contributed by atoms with Gasteiger partial charge in [0.05, 0.1) is 11.6 Å². The maximum absolute atomic E-state index is 9.01. The van der Waals surface area contributed by atoms with E-state index in [1.807, 2.05) is 6.07 Å². The second-order valence-corrected chi connectivity index (χ2v) is 4.76. The van der Waals surface area contributed by atoms with E-state index in [0.29, 0.717) is 22.9 Å². The second-order valence-electron chi connectivity index (χ2n) is 4.76. The molecule has 0 spiro atoms. The van der Waals surface area contributed by atoms with Gasteiger partial charge in [0, 0.05) is 18.1 Å². The first-order valence-corrected chi connectivity index (χ1v) is 7.05. The van der Waals surface area contributed by atoms with E-state index in [1.165, 1.54) is 12.4 Å². The molecule has 114 valence electrons. The molecule has 3 aromatic rings. The van der Waals surface area contributed by atoms with Gasteiger partial charge in [-0.25, -0.2) is 9.97 Å². The summed E-state index contributed by atoms with van der Waals surface area (Å²) in [5.41, 5.74) is 1.52. The zero-order valence-electron chi connectivity index (χ0n) is 12.5. The van der Waals surface area contributed by atoms with Crippen LogP contribution in [0.1, 0.15) is 11.3 Å². The Kier molecular flexibility index (Phi) is 4.32. The lowest BCUT2D eigenvalue weighted by atomic mass is 10.2. The number of rotatable bonds is 4. The zero-order valence-corrected chi connectivity index (χ0v) is 12.5. The number of nitriles is 2. The molecule has 0 aliphatic heterocycles. The van der Waals surface area contributed by atoms with Crippen molar-refractivity contribution in [2.75, 3.05) is 5.32 Å². The Morgan fingerprint density at radius 2 is 1.67 bits per heavy atom. The Labute approximate surface area is 138 Å². The highest BCUT2D eigenvalue weighted by molar-refractivity contribution is 5.61. The largest absolute Gasteiger partial charge is 0.457 e. The molecule has 0 radical (unpaired) electrons. The summed E-state index contributed by atoms with van der Waals surface area (Å²) >= 11 is 0. The maximum atomic E-state index is 9.01. The van der Waals surface area contributed by atoms with Gasteiger partial charge in [-0.3, -0.25) is 0 Å². The minimum atomic E-state index is 0.228. The molecule has 0 saturated heterocycles. The predicted molar refractivity (Wildman–Crippen MR) is 87.7 cm³/mol. The van der Waals surface area contributed by atoms with E-state index in [4.69, 9.17) is 15.3 Å². The van der Waals surface area contributed by atoms with E-state index in [1.54, 1.807) is 48.5 Å². The quantitative estimate of drug-likeness (QED) is 0.788. The Morgan fingerprint density at radius 3 is 2.42 bits per heavy atom. The highest BCUT2D eigenvalue weighted by Crippen LogP contribution is 2.25. The van der Waals surface area contributed by atoms with Crippen LogP contribution in [0.3, 0.4) is 0 Å². The van der Waals surface area contributed by atoms with Gasteiger partial charge >= 0.3 is 0 Å². The monoisotopic (exact) mass is 313 g/mol. The first-order valence-electron chi connectivity index (χ1n) is 7.05. The molecule has 1 aromatic heterocycles. The lowest BCUT2D eigenvalue weighted by molar-refractivity contribution is 0.482. The summed E-state index contributed by atoms with van der Waals surface area (Å²) in [6, 6.07) is 18.2. The number of benzene rings is 2. The highest BCUT2D eigenvalue weighted by atomic mass is 16.5. The minimum Gasteiger partial charge on any atom is -0.457 e. The fraction of sp³-hybridized carbons (Fsp3) is 0. The van der Waals surface area contributed by atoms with Crippen molar-refractivity contribution in [2.45, 2.75) is 0 Å². The van der Waals surface area contributed by atoms with Crippen LogP contribution >= 0.6 is 0 Å². The summed E-state index contributed by atoms with van der Waals surface area (Å²) in [6.45, 7) is 0. The van der Waals surface area contributed by atoms with Crippen molar-refractivity contribution in [3.8, 4) is 23.6 Å². The van der Waals surface area contributed by atoms with E-state index >= 15 is 0 Å². The molecule has 1 heterocycles. The molecular weight excluding hydrogens is 302 g/mol. The summed E-state index contributed by atoms with van der Waals surface area (Å²) in [5.74, 6) is 1.63. The molecule has 6 nitrogen and oxygen atoms in total. The molecular formula is C18H11N5O. The fourth-order valence-corrected chi connectivity index (χ4v) is 2.02. The lowest BCUT2D eigenvalue weighted by Crippen LogP contribution is -1.98. The number of aromatic nitrogens is 2. The number of hydrogen-bond acceptors (Lipinski definition) is 6. The number of ether oxygens (including phenoxy) is 1. The Balaban J connectivity index is 1.74. The SMILES string of the molecule is N#Cc1cccc(Oc2ccc(Nc3nccnc3C#N)cc2)c1. The van der Waals surface area contributed by atoms with E-state index in [0.717, 1.165) is 5.69 Å². The molecule has 2 aromatic carbocycles. The van der Waals surface area contributed by atoms with E-state index in [2.05, 4.69) is 21.4 Å². The molecule has 0 bridgehead atoms. The third-order valence-electron chi connectivity index (χ3n) is 3.12. The van der Waals surface area contributed by atoms with Gasteiger partial charge in [-0.05, 0) is 42.5 Å². The molecule has 0 aliphatic rings. The Hall–Kier alpha value is -3.90.